The van der Waals surface area contributed by atoms with Gasteiger partial charge in [0.05, 0.1) is 11.7 Å². The predicted octanol–water partition coefficient (Wildman–Crippen LogP) is 0.903. The van der Waals surface area contributed by atoms with Gasteiger partial charge in [0.25, 0.3) is 0 Å². The highest BCUT2D eigenvalue weighted by Gasteiger charge is 2.12. The van der Waals surface area contributed by atoms with E-state index < -0.39 is 0 Å². The van der Waals surface area contributed by atoms with Crippen molar-refractivity contribution in [3.63, 3.8) is 0 Å². The number of amides is 1. The van der Waals surface area contributed by atoms with Gasteiger partial charge in [-0.15, -0.1) is 23.7 Å². The summed E-state index contributed by atoms with van der Waals surface area (Å²) in [5.41, 5.74) is 6.17. The number of hydrogen-bond donors (Lipinski definition) is 2. The van der Waals surface area contributed by atoms with Gasteiger partial charge in [-0.3, -0.25) is 4.79 Å². The minimum atomic E-state index is -0.338. The predicted molar refractivity (Wildman–Crippen MR) is 73.9 cm³/mol. The van der Waals surface area contributed by atoms with E-state index in [4.69, 9.17) is 5.73 Å². The van der Waals surface area contributed by atoms with Crippen LogP contribution in [0.15, 0.2) is 0 Å². The Morgan fingerprint density at radius 2 is 2.18 bits per heavy atom. The molecule has 1 aromatic rings. The molecule has 98 valence electrons. The second-order valence-corrected chi connectivity index (χ2v) is 4.97. The Morgan fingerprint density at radius 3 is 2.59 bits per heavy atom. The molecule has 0 aliphatic rings. The summed E-state index contributed by atoms with van der Waals surface area (Å²) in [7, 11) is 3.92. The smallest absolute Gasteiger partial charge is 0.234 e. The van der Waals surface area contributed by atoms with Crippen LogP contribution >= 0.6 is 23.7 Å². The SMILES string of the molecule is Cc1nc(N(C)C)sc1CNC(C)C(N)=O.Cl. The third-order valence-electron chi connectivity index (χ3n) is 2.26. The van der Waals surface area contributed by atoms with Crippen LogP contribution in [0.1, 0.15) is 17.5 Å². The van der Waals surface area contributed by atoms with E-state index in [9.17, 15) is 4.79 Å². The Balaban J connectivity index is 0.00000256. The summed E-state index contributed by atoms with van der Waals surface area (Å²) in [5.74, 6) is -0.338. The molecule has 1 atom stereocenters. The van der Waals surface area contributed by atoms with Gasteiger partial charge in [-0.05, 0) is 13.8 Å². The zero-order valence-corrected chi connectivity index (χ0v) is 12.1. The van der Waals surface area contributed by atoms with Gasteiger partial charge in [-0.2, -0.15) is 0 Å². The van der Waals surface area contributed by atoms with Crippen molar-refractivity contribution < 1.29 is 4.79 Å². The van der Waals surface area contributed by atoms with Crippen LogP contribution in [0.25, 0.3) is 0 Å². The summed E-state index contributed by atoms with van der Waals surface area (Å²) < 4.78 is 0. The van der Waals surface area contributed by atoms with E-state index in [1.807, 2.05) is 25.9 Å². The summed E-state index contributed by atoms with van der Waals surface area (Å²) in [6.07, 6.45) is 0. The quantitative estimate of drug-likeness (QED) is 0.840. The van der Waals surface area contributed by atoms with Gasteiger partial charge in [-0.1, -0.05) is 0 Å². The van der Waals surface area contributed by atoms with Crippen molar-refractivity contribution in [2.45, 2.75) is 26.4 Å². The van der Waals surface area contributed by atoms with E-state index in [1.54, 1.807) is 18.3 Å². The second kappa shape index (κ2) is 6.78. The first-order valence-electron chi connectivity index (χ1n) is 5.08. The van der Waals surface area contributed by atoms with E-state index in [0.717, 1.165) is 15.7 Å². The largest absolute Gasteiger partial charge is 0.368 e. The molecule has 0 saturated carbocycles. The van der Waals surface area contributed by atoms with Crippen LogP contribution in [0.3, 0.4) is 0 Å². The number of aryl methyl sites for hydroxylation is 1. The molecule has 0 fully saturated rings. The molecule has 7 heteroatoms. The molecule has 0 bridgehead atoms. The normalized spacial score (nSPS) is 11.8. The van der Waals surface area contributed by atoms with E-state index in [1.165, 1.54) is 0 Å². The fraction of sp³-hybridized carbons (Fsp3) is 0.600. The van der Waals surface area contributed by atoms with Gasteiger partial charge >= 0.3 is 0 Å². The minimum Gasteiger partial charge on any atom is -0.368 e. The third-order valence-corrected chi connectivity index (χ3v) is 3.58. The Labute approximate surface area is 112 Å². The lowest BCUT2D eigenvalue weighted by Gasteiger charge is -2.08. The molecule has 1 heterocycles. The summed E-state index contributed by atoms with van der Waals surface area (Å²) in [5, 5.41) is 4.04. The number of primary amides is 1. The summed E-state index contributed by atoms with van der Waals surface area (Å²) >= 11 is 1.62. The van der Waals surface area contributed by atoms with Crippen LogP contribution in [-0.2, 0) is 11.3 Å². The zero-order valence-electron chi connectivity index (χ0n) is 10.5. The van der Waals surface area contributed by atoms with Crippen LogP contribution in [0.2, 0.25) is 0 Å². The maximum absolute atomic E-state index is 10.9. The average molecular weight is 279 g/mol. The zero-order chi connectivity index (χ0) is 12.3. The van der Waals surface area contributed by atoms with Gasteiger partial charge < -0.3 is 16.0 Å². The molecule has 0 aliphatic carbocycles. The van der Waals surface area contributed by atoms with Gasteiger partial charge in [0.15, 0.2) is 5.13 Å². The minimum absolute atomic E-state index is 0. The number of nitrogens with one attached hydrogen (secondary N) is 1. The number of nitrogens with two attached hydrogens (primary N) is 1. The van der Waals surface area contributed by atoms with Crippen molar-refractivity contribution in [1.82, 2.24) is 10.3 Å². The Hall–Kier alpha value is -0.850. The fourth-order valence-electron chi connectivity index (χ4n) is 1.11. The molecule has 5 nitrogen and oxygen atoms in total. The average Bonchev–Trinajstić information content (AvgIpc) is 2.56. The third kappa shape index (κ3) is 4.49. The molecule has 17 heavy (non-hydrogen) atoms. The van der Waals surface area contributed by atoms with E-state index in [-0.39, 0.29) is 24.4 Å². The van der Waals surface area contributed by atoms with Crippen LogP contribution < -0.4 is 16.0 Å². The summed E-state index contributed by atoms with van der Waals surface area (Å²) in [6, 6.07) is -0.315. The highest BCUT2D eigenvalue weighted by Crippen LogP contribution is 2.24. The molecule has 1 aromatic heterocycles. The summed E-state index contributed by atoms with van der Waals surface area (Å²) in [4.78, 5) is 18.4. The van der Waals surface area contributed by atoms with Crippen molar-refractivity contribution >= 4 is 34.8 Å². The molecule has 0 aliphatic heterocycles. The van der Waals surface area contributed by atoms with Gasteiger partial charge in [-0.25, -0.2) is 4.98 Å². The van der Waals surface area contributed by atoms with Crippen molar-refractivity contribution in [2.24, 2.45) is 5.73 Å². The highest BCUT2D eigenvalue weighted by molar-refractivity contribution is 7.15. The second-order valence-electron chi connectivity index (χ2n) is 3.90. The van der Waals surface area contributed by atoms with E-state index in [2.05, 4.69) is 10.3 Å². The molecule has 1 rings (SSSR count). The molecule has 1 unspecified atom stereocenters. The first-order chi connectivity index (χ1) is 7.41. The highest BCUT2D eigenvalue weighted by atomic mass is 35.5. The number of anilines is 1. The standard InChI is InChI=1S/C10H18N4OS.ClH/c1-6-8(5-12-7(2)9(11)15)16-10(13-6)14(3)4;/h7,12H,5H2,1-4H3,(H2,11,15);1H. The lowest BCUT2D eigenvalue weighted by Crippen LogP contribution is -2.38. The summed E-state index contributed by atoms with van der Waals surface area (Å²) in [6.45, 7) is 4.35. The molecule has 0 saturated heterocycles. The topological polar surface area (TPSA) is 71.2 Å². The van der Waals surface area contributed by atoms with Gasteiger partial charge in [0, 0.05) is 25.5 Å². The number of nitrogens with zero attached hydrogens (tertiary/aromatic N) is 2. The molecular weight excluding hydrogens is 260 g/mol. The number of halogens is 1. The van der Waals surface area contributed by atoms with Crippen LogP contribution in [-0.4, -0.2) is 31.0 Å². The molecule has 0 aromatic carbocycles. The Kier molecular flexibility index (Phi) is 6.44. The molecule has 1 amide bonds. The number of carbonyl (C=O) groups is 1. The molecule has 0 spiro atoms. The van der Waals surface area contributed by atoms with Gasteiger partial charge in [0.1, 0.15) is 0 Å². The Bertz CT molecular complexity index is 380. The molecule has 3 N–H and O–H groups in total. The monoisotopic (exact) mass is 278 g/mol. The Morgan fingerprint density at radius 1 is 1.59 bits per heavy atom. The maximum Gasteiger partial charge on any atom is 0.234 e. The van der Waals surface area contributed by atoms with Crippen molar-refractivity contribution in [1.29, 1.82) is 0 Å². The number of carbonyl (C=O) groups excluding carboxylic acids is 1. The van der Waals surface area contributed by atoms with Crippen molar-refractivity contribution in [2.75, 3.05) is 19.0 Å². The van der Waals surface area contributed by atoms with Crippen LogP contribution in [0.5, 0.6) is 0 Å². The first-order valence-corrected chi connectivity index (χ1v) is 5.89. The van der Waals surface area contributed by atoms with E-state index >= 15 is 0 Å². The van der Waals surface area contributed by atoms with Crippen molar-refractivity contribution in [3.8, 4) is 0 Å². The number of rotatable bonds is 5. The van der Waals surface area contributed by atoms with Crippen LogP contribution in [0, 0.1) is 6.92 Å². The molecule has 0 radical (unpaired) electrons. The first kappa shape index (κ1) is 16.1. The lowest BCUT2D eigenvalue weighted by molar-refractivity contribution is -0.119. The van der Waals surface area contributed by atoms with Crippen LogP contribution in [0.4, 0.5) is 5.13 Å². The lowest BCUT2D eigenvalue weighted by atomic mass is 10.3. The maximum atomic E-state index is 10.9. The van der Waals surface area contributed by atoms with Gasteiger partial charge in [0.2, 0.25) is 5.91 Å². The molecular formula is C10H19ClN4OS. The van der Waals surface area contributed by atoms with E-state index in [0.29, 0.717) is 6.54 Å². The number of thiazole rings is 1. The van der Waals surface area contributed by atoms with Crippen molar-refractivity contribution in [3.05, 3.63) is 10.6 Å². The number of aromatic nitrogens is 1. The fourth-order valence-corrected chi connectivity index (χ4v) is 2.05. The number of hydrogen-bond acceptors (Lipinski definition) is 5.